The average molecular weight is 544 g/mol. The number of halogens is 2. The number of nitrogens with two attached hydrogens (primary N) is 1. The zero-order chi connectivity index (χ0) is 27.4. The summed E-state index contributed by atoms with van der Waals surface area (Å²) in [4.78, 5) is 11.5. The van der Waals surface area contributed by atoms with Crippen LogP contribution in [0.2, 0.25) is 0 Å². The predicted octanol–water partition coefficient (Wildman–Crippen LogP) is 8.15. The highest BCUT2D eigenvalue weighted by Crippen LogP contribution is 2.39. The molecule has 37 heavy (non-hydrogen) atoms. The van der Waals surface area contributed by atoms with Crippen LogP contribution in [0.3, 0.4) is 0 Å². The van der Waals surface area contributed by atoms with E-state index in [9.17, 15) is 0 Å². The quantitative estimate of drug-likeness (QED) is 0.305. The van der Waals surface area contributed by atoms with E-state index in [0.717, 1.165) is 46.9 Å². The van der Waals surface area contributed by atoms with E-state index in [1.807, 2.05) is 66.2 Å². The zero-order valence-corrected chi connectivity index (χ0v) is 24.4. The Morgan fingerprint density at radius 3 is 2.35 bits per heavy atom. The number of nitrogen functional groups attached to an aromatic ring is 1. The van der Waals surface area contributed by atoms with E-state index >= 15 is 0 Å². The lowest BCUT2D eigenvalue weighted by Gasteiger charge is -2.17. The molecule has 2 N–H and O–H groups in total. The second kappa shape index (κ2) is 15.4. The maximum Gasteiger partial charge on any atom is 0.132 e. The summed E-state index contributed by atoms with van der Waals surface area (Å²) in [6.45, 7) is 12.1. The number of nitrogens with zero attached hydrogens (tertiary/aromatic N) is 5. The van der Waals surface area contributed by atoms with E-state index in [-0.39, 0.29) is 5.92 Å². The number of anilines is 2. The van der Waals surface area contributed by atoms with Crippen LogP contribution in [0, 0.1) is 0 Å². The molecule has 200 valence electrons. The molecular formula is C29H40Cl2N6. The van der Waals surface area contributed by atoms with Crippen LogP contribution >= 0.6 is 23.2 Å². The van der Waals surface area contributed by atoms with Gasteiger partial charge in [-0.25, -0.2) is 9.97 Å². The highest BCUT2D eigenvalue weighted by Gasteiger charge is 2.23. The molecule has 1 saturated heterocycles. The van der Waals surface area contributed by atoms with Crippen LogP contribution in [0.4, 0.5) is 11.6 Å². The molecule has 4 rings (SSSR count). The van der Waals surface area contributed by atoms with Gasteiger partial charge in [0.15, 0.2) is 0 Å². The molecule has 6 nitrogen and oxygen atoms in total. The van der Waals surface area contributed by atoms with Crippen molar-refractivity contribution in [2.75, 3.05) is 23.7 Å². The Kier molecular flexibility index (Phi) is 12.7. The number of hydrogen-bond donors (Lipinski definition) is 1. The monoisotopic (exact) mass is 542 g/mol. The summed E-state index contributed by atoms with van der Waals surface area (Å²) in [5, 5.41) is 5.26. The minimum absolute atomic E-state index is 0.131. The molecule has 1 aliphatic heterocycles. The van der Waals surface area contributed by atoms with Crippen LogP contribution < -0.4 is 10.6 Å². The number of aromatic nitrogens is 4. The van der Waals surface area contributed by atoms with Crippen molar-refractivity contribution in [1.82, 2.24) is 19.7 Å². The molecular weight excluding hydrogens is 503 g/mol. The van der Waals surface area contributed by atoms with Crippen LogP contribution in [-0.4, -0.2) is 32.8 Å². The molecule has 0 aliphatic carbocycles. The van der Waals surface area contributed by atoms with Crippen LogP contribution in [0.15, 0.2) is 59.5 Å². The molecule has 3 aromatic heterocycles. The predicted molar refractivity (Wildman–Crippen MR) is 160 cm³/mol. The number of aryl methyl sites for hydroxylation is 1. The van der Waals surface area contributed by atoms with Crippen molar-refractivity contribution in [3.8, 4) is 22.4 Å². The Morgan fingerprint density at radius 1 is 1.08 bits per heavy atom. The molecule has 0 saturated carbocycles. The maximum absolute atomic E-state index is 6.50. The molecule has 8 heteroatoms. The fraction of sp³-hybridized carbons (Fsp3) is 0.414. The largest absolute Gasteiger partial charge is 0.383 e. The Labute approximate surface area is 232 Å². The third-order valence-corrected chi connectivity index (χ3v) is 6.68. The summed E-state index contributed by atoms with van der Waals surface area (Å²) in [6, 6.07) is 6.17. The van der Waals surface area contributed by atoms with Crippen molar-refractivity contribution in [1.29, 1.82) is 0 Å². The molecule has 0 spiro atoms. The van der Waals surface area contributed by atoms with E-state index in [1.54, 1.807) is 10.9 Å². The van der Waals surface area contributed by atoms with E-state index < -0.39 is 0 Å². The first-order valence-corrected chi connectivity index (χ1v) is 13.9. The first-order valence-electron chi connectivity index (χ1n) is 13.1. The van der Waals surface area contributed by atoms with Gasteiger partial charge in [0.1, 0.15) is 11.6 Å². The Balaban J connectivity index is 0.00000115. The Bertz CT molecular complexity index is 1160. The summed E-state index contributed by atoms with van der Waals surface area (Å²) in [6.07, 6.45) is 12.8. The average Bonchev–Trinajstić information content (AvgIpc) is 3.62. The van der Waals surface area contributed by atoms with Gasteiger partial charge in [-0.15, -0.1) is 0 Å². The summed E-state index contributed by atoms with van der Waals surface area (Å²) in [5.41, 5.74) is 12.1. The fourth-order valence-corrected chi connectivity index (χ4v) is 4.58. The summed E-state index contributed by atoms with van der Waals surface area (Å²) in [5.74, 6) is 1.30. The van der Waals surface area contributed by atoms with E-state index in [4.69, 9.17) is 34.0 Å². The fourth-order valence-electron chi connectivity index (χ4n) is 4.22. The molecule has 0 radical (unpaired) electrons. The van der Waals surface area contributed by atoms with Gasteiger partial charge in [-0.2, -0.15) is 5.10 Å². The Morgan fingerprint density at radius 2 is 1.76 bits per heavy atom. The van der Waals surface area contributed by atoms with Crippen LogP contribution in [-0.2, 0) is 7.05 Å². The van der Waals surface area contributed by atoms with Crippen molar-refractivity contribution >= 4 is 34.8 Å². The van der Waals surface area contributed by atoms with Crippen LogP contribution in [0.5, 0.6) is 0 Å². The summed E-state index contributed by atoms with van der Waals surface area (Å²) in [7, 11) is 1.88. The Hall–Kier alpha value is -2.83. The highest BCUT2D eigenvalue weighted by atomic mass is 35.5. The van der Waals surface area contributed by atoms with Crippen LogP contribution in [0.25, 0.3) is 22.4 Å². The van der Waals surface area contributed by atoms with Crippen molar-refractivity contribution in [3.63, 3.8) is 0 Å². The van der Waals surface area contributed by atoms with Gasteiger partial charge in [0, 0.05) is 77.5 Å². The first kappa shape index (κ1) is 30.4. The van der Waals surface area contributed by atoms with Gasteiger partial charge < -0.3 is 10.6 Å². The molecule has 3 aromatic rings. The molecule has 0 bridgehead atoms. The van der Waals surface area contributed by atoms with Gasteiger partial charge >= 0.3 is 0 Å². The van der Waals surface area contributed by atoms with Gasteiger partial charge in [-0.1, -0.05) is 63.0 Å². The summed E-state index contributed by atoms with van der Waals surface area (Å²) >= 11 is 12.5. The van der Waals surface area contributed by atoms with E-state index in [1.165, 1.54) is 18.4 Å². The maximum atomic E-state index is 6.50. The smallest absolute Gasteiger partial charge is 0.132 e. The third-order valence-electron chi connectivity index (χ3n) is 5.96. The van der Waals surface area contributed by atoms with Crippen molar-refractivity contribution in [2.45, 2.75) is 59.8 Å². The molecule has 1 unspecified atom stereocenters. The van der Waals surface area contributed by atoms with Crippen molar-refractivity contribution in [3.05, 3.63) is 65.1 Å². The molecule has 1 fully saturated rings. The van der Waals surface area contributed by atoms with Gasteiger partial charge in [-0.3, -0.25) is 4.68 Å². The van der Waals surface area contributed by atoms with Gasteiger partial charge in [0.2, 0.25) is 0 Å². The molecule has 0 amide bonds. The van der Waals surface area contributed by atoms with Crippen molar-refractivity contribution in [2.24, 2.45) is 7.05 Å². The van der Waals surface area contributed by atoms with E-state index in [2.05, 4.69) is 33.1 Å². The SMILES string of the molecule is C/C=C\CC(/C(Cl)=C/Cl)c1cn(C)nc1-c1cc(-c2ccc(N3CCCC3)nc2)cnc1N.CC.CC. The lowest BCUT2D eigenvalue weighted by molar-refractivity contribution is 0.766. The van der Waals surface area contributed by atoms with E-state index in [0.29, 0.717) is 17.3 Å². The number of hydrogen-bond acceptors (Lipinski definition) is 5. The van der Waals surface area contributed by atoms with Gasteiger partial charge in [0.05, 0.1) is 5.69 Å². The van der Waals surface area contributed by atoms with Crippen molar-refractivity contribution < 1.29 is 0 Å². The number of rotatable bonds is 7. The molecule has 1 aliphatic rings. The third kappa shape index (κ3) is 7.59. The molecule has 1 atom stereocenters. The van der Waals surface area contributed by atoms with Crippen LogP contribution in [0.1, 0.15) is 65.4 Å². The van der Waals surface area contributed by atoms with Gasteiger partial charge in [-0.05, 0) is 44.4 Å². The lowest BCUT2D eigenvalue weighted by atomic mass is 9.92. The standard InChI is InChI=1S/C25H28Cl2N6.2C2H6/c1-3-4-7-19(22(27)13-26)21-16-32(2)31-24(21)20-12-18(15-30-25(20)28)17-8-9-23(29-14-17)33-10-5-6-11-33;2*1-2/h3-4,8-9,12-16,19H,5-7,10-11H2,1-2H3,(H2,28,30);2*1-2H3/b4-3-,22-13-;;. The molecule has 0 aromatic carbocycles. The number of allylic oxidation sites excluding steroid dienone is 3. The lowest BCUT2D eigenvalue weighted by Crippen LogP contribution is -2.18. The second-order valence-electron chi connectivity index (χ2n) is 8.21. The minimum atomic E-state index is -0.131. The number of pyridine rings is 2. The topological polar surface area (TPSA) is 72.9 Å². The zero-order valence-electron chi connectivity index (χ0n) is 22.9. The van der Waals surface area contributed by atoms with Gasteiger partial charge in [0.25, 0.3) is 0 Å². The minimum Gasteiger partial charge on any atom is -0.383 e. The summed E-state index contributed by atoms with van der Waals surface area (Å²) < 4.78 is 1.77. The normalized spacial score (nSPS) is 14.2. The highest BCUT2D eigenvalue weighted by molar-refractivity contribution is 6.37. The first-order chi connectivity index (χ1) is 18.0. The second-order valence-corrected chi connectivity index (χ2v) is 8.87. The molecule has 4 heterocycles.